The maximum atomic E-state index is 12.1. The van der Waals surface area contributed by atoms with Crippen LogP contribution in [0.5, 0.6) is 17.2 Å². The Morgan fingerprint density at radius 1 is 1.08 bits per heavy atom. The maximum absolute atomic E-state index is 12.1. The zero-order valence-electron chi connectivity index (χ0n) is 20.7. The van der Waals surface area contributed by atoms with Gasteiger partial charge in [-0.3, -0.25) is 4.79 Å². The van der Waals surface area contributed by atoms with Crippen molar-refractivity contribution in [1.82, 2.24) is 9.97 Å². The molecule has 11 heteroatoms. The van der Waals surface area contributed by atoms with E-state index >= 15 is 0 Å². The highest BCUT2D eigenvalue weighted by molar-refractivity contribution is 7.23. The van der Waals surface area contributed by atoms with Gasteiger partial charge in [-0.2, -0.15) is 0 Å². The highest BCUT2D eigenvalue weighted by Crippen LogP contribution is 2.43. The van der Waals surface area contributed by atoms with Gasteiger partial charge in [-0.15, -0.1) is 17.9 Å². The van der Waals surface area contributed by atoms with Crippen LogP contribution in [0.15, 0.2) is 54.4 Å². The minimum atomic E-state index is -0.0550. The normalized spacial score (nSPS) is 10.6. The van der Waals surface area contributed by atoms with Crippen LogP contribution in [0.25, 0.3) is 21.1 Å². The third-order valence-corrected chi connectivity index (χ3v) is 7.27. The number of nitrogen functional groups attached to an aromatic ring is 1. The standard InChI is InChI=1S/C26H27N5O4S2/c1-5-6-10-21(32)28-16-9-7-8-15(11-16)18-14-36-25(30-18)23-24(27)31-26(37-23)29-17-12-19(33-2)22(35-4)20(13-17)34-3/h5,7-9,11-14H,1,6,10,27H2,2-4H3,(H,28,32)(H,29,31). The average molecular weight is 538 g/mol. The molecule has 0 atom stereocenters. The largest absolute Gasteiger partial charge is 0.493 e. The SMILES string of the molecule is C=CCCC(=O)Nc1cccc(-c2csc(-c3sc(Nc4cc(OC)c(OC)c(OC)c4)nc3N)n2)c1. The summed E-state index contributed by atoms with van der Waals surface area (Å²) < 4.78 is 16.2. The average Bonchev–Trinajstić information content (AvgIpc) is 3.53. The van der Waals surface area contributed by atoms with Gasteiger partial charge in [-0.05, 0) is 18.6 Å². The number of methoxy groups -OCH3 is 3. The lowest BCUT2D eigenvalue weighted by Gasteiger charge is -2.14. The first-order valence-corrected chi connectivity index (χ1v) is 13.0. The predicted octanol–water partition coefficient (Wildman–Crippen LogP) is 6.19. The third-order valence-electron chi connectivity index (χ3n) is 5.29. The molecular formula is C26H27N5O4S2. The molecule has 0 unspecified atom stereocenters. The van der Waals surface area contributed by atoms with Crippen molar-refractivity contribution in [3.05, 3.63) is 54.4 Å². The van der Waals surface area contributed by atoms with Gasteiger partial charge in [0, 0.05) is 40.9 Å². The second-order valence-electron chi connectivity index (χ2n) is 7.77. The monoisotopic (exact) mass is 537 g/mol. The molecule has 0 saturated heterocycles. The summed E-state index contributed by atoms with van der Waals surface area (Å²) in [6.45, 7) is 3.65. The number of allylic oxidation sites excluding steroid dienone is 1. The topological polar surface area (TPSA) is 121 Å². The lowest BCUT2D eigenvalue weighted by Crippen LogP contribution is -2.10. The van der Waals surface area contributed by atoms with Crippen LogP contribution < -0.4 is 30.6 Å². The molecule has 2 aromatic carbocycles. The molecule has 4 rings (SSSR count). The van der Waals surface area contributed by atoms with E-state index in [1.165, 1.54) is 22.7 Å². The van der Waals surface area contributed by atoms with Crippen molar-refractivity contribution in [2.24, 2.45) is 0 Å². The van der Waals surface area contributed by atoms with Crippen LogP contribution in [0.2, 0.25) is 0 Å². The van der Waals surface area contributed by atoms with Crippen LogP contribution in [0.1, 0.15) is 12.8 Å². The molecule has 0 aliphatic rings. The van der Waals surface area contributed by atoms with Gasteiger partial charge >= 0.3 is 0 Å². The highest BCUT2D eigenvalue weighted by Gasteiger charge is 2.18. The number of rotatable bonds is 11. The Bertz CT molecular complexity index is 1390. The van der Waals surface area contributed by atoms with E-state index < -0.39 is 0 Å². The third kappa shape index (κ3) is 6.01. The minimum Gasteiger partial charge on any atom is -0.493 e. The smallest absolute Gasteiger partial charge is 0.224 e. The van der Waals surface area contributed by atoms with Crippen molar-refractivity contribution in [3.63, 3.8) is 0 Å². The number of hydrogen-bond acceptors (Lipinski definition) is 10. The molecule has 0 bridgehead atoms. The number of nitrogens with zero attached hydrogens (tertiary/aromatic N) is 2. The lowest BCUT2D eigenvalue weighted by molar-refractivity contribution is -0.116. The molecule has 37 heavy (non-hydrogen) atoms. The number of anilines is 4. The number of nitrogens with one attached hydrogen (secondary N) is 2. The fourth-order valence-corrected chi connectivity index (χ4v) is 5.37. The second-order valence-corrected chi connectivity index (χ2v) is 9.62. The summed E-state index contributed by atoms with van der Waals surface area (Å²) in [6, 6.07) is 11.2. The van der Waals surface area contributed by atoms with E-state index in [1.54, 1.807) is 39.5 Å². The Balaban J connectivity index is 1.54. The first-order valence-electron chi connectivity index (χ1n) is 11.3. The van der Waals surface area contributed by atoms with Crippen LogP contribution in [-0.2, 0) is 4.79 Å². The summed E-state index contributed by atoms with van der Waals surface area (Å²) in [5, 5.41) is 9.48. The van der Waals surface area contributed by atoms with E-state index in [0.717, 1.165) is 26.8 Å². The number of nitrogens with two attached hydrogens (primary N) is 1. The van der Waals surface area contributed by atoms with Crippen LogP contribution in [0.4, 0.5) is 22.3 Å². The van der Waals surface area contributed by atoms with Gasteiger partial charge in [-0.1, -0.05) is 29.5 Å². The van der Waals surface area contributed by atoms with E-state index in [-0.39, 0.29) is 5.91 Å². The van der Waals surface area contributed by atoms with E-state index in [2.05, 4.69) is 22.2 Å². The molecule has 0 radical (unpaired) electrons. The van der Waals surface area contributed by atoms with E-state index in [0.29, 0.717) is 46.7 Å². The van der Waals surface area contributed by atoms with Gasteiger partial charge in [0.05, 0.1) is 27.0 Å². The minimum absolute atomic E-state index is 0.0550. The van der Waals surface area contributed by atoms with Crippen LogP contribution in [0.3, 0.4) is 0 Å². The van der Waals surface area contributed by atoms with Crippen molar-refractivity contribution in [2.75, 3.05) is 37.7 Å². The Hall–Kier alpha value is -4.09. The Morgan fingerprint density at radius 2 is 1.84 bits per heavy atom. The highest BCUT2D eigenvalue weighted by atomic mass is 32.1. The molecule has 9 nitrogen and oxygen atoms in total. The number of carbonyl (C=O) groups excluding carboxylic acids is 1. The molecule has 0 fully saturated rings. The Kier molecular flexibility index (Phi) is 8.26. The van der Waals surface area contributed by atoms with Gasteiger partial charge in [0.2, 0.25) is 11.7 Å². The summed E-state index contributed by atoms with van der Waals surface area (Å²) in [7, 11) is 4.68. The van der Waals surface area contributed by atoms with Crippen LogP contribution in [-0.4, -0.2) is 37.2 Å². The van der Waals surface area contributed by atoms with Crippen molar-refractivity contribution >= 4 is 50.9 Å². The number of ether oxygens (including phenoxy) is 3. The molecule has 2 heterocycles. The summed E-state index contributed by atoms with van der Waals surface area (Å²) in [4.78, 5) is 22.1. The van der Waals surface area contributed by atoms with Crippen LogP contribution >= 0.6 is 22.7 Å². The second kappa shape index (κ2) is 11.8. The van der Waals surface area contributed by atoms with Crippen molar-refractivity contribution in [1.29, 1.82) is 0 Å². The van der Waals surface area contributed by atoms with Crippen LogP contribution in [0, 0.1) is 0 Å². The van der Waals surface area contributed by atoms with Gasteiger partial charge in [-0.25, -0.2) is 9.97 Å². The summed E-state index contributed by atoms with van der Waals surface area (Å²) >= 11 is 2.87. The number of thiazole rings is 2. The number of aromatic nitrogens is 2. The molecule has 0 saturated carbocycles. The van der Waals surface area contributed by atoms with Gasteiger partial charge in [0.25, 0.3) is 0 Å². The molecule has 1 amide bonds. The Labute approximate surface area is 222 Å². The Morgan fingerprint density at radius 3 is 2.51 bits per heavy atom. The molecule has 2 aromatic heterocycles. The van der Waals surface area contributed by atoms with E-state index in [9.17, 15) is 4.79 Å². The van der Waals surface area contributed by atoms with Crippen molar-refractivity contribution in [2.45, 2.75) is 12.8 Å². The predicted molar refractivity (Wildman–Crippen MR) is 151 cm³/mol. The number of hydrogen-bond donors (Lipinski definition) is 3. The van der Waals surface area contributed by atoms with Gasteiger partial charge in [0.15, 0.2) is 16.6 Å². The molecule has 192 valence electrons. The molecule has 0 aliphatic carbocycles. The molecule has 0 spiro atoms. The first-order chi connectivity index (χ1) is 17.9. The zero-order valence-corrected chi connectivity index (χ0v) is 22.3. The van der Waals surface area contributed by atoms with E-state index in [4.69, 9.17) is 24.9 Å². The summed E-state index contributed by atoms with van der Waals surface area (Å²) in [6.07, 6.45) is 2.75. The molecule has 4 aromatic rings. The van der Waals surface area contributed by atoms with Gasteiger partial charge in [0.1, 0.15) is 15.7 Å². The molecule has 4 N–H and O–H groups in total. The number of benzene rings is 2. The van der Waals surface area contributed by atoms with Crippen molar-refractivity contribution in [3.8, 4) is 38.4 Å². The summed E-state index contributed by atoms with van der Waals surface area (Å²) in [5.74, 6) is 1.88. The maximum Gasteiger partial charge on any atom is 0.224 e. The quantitative estimate of drug-likeness (QED) is 0.194. The molecule has 0 aliphatic heterocycles. The molecular weight excluding hydrogens is 510 g/mol. The fraction of sp³-hybridized carbons (Fsp3) is 0.192. The number of amides is 1. The fourth-order valence-electron chi connectivity index (χ4n) is 3.54. The zero-order chi connectivity index (χ0) is 26.4. The van der Waals surface area contributed by atoms with Gasteiger partial charge < -0.3 is 30.6 Å². The first kappa shape index (κ1) is 26.0. The van der Waals surface area contributed by atoms with Crippen molar-refractivity contribution < 1.29 is 19.0 Å². The summed E-state index contributed by atoms with van der Waals surface area (Å²) in [5.41, 5.74) is 9.36. The van der Waals surface area contributed by atoms with E-state index in [1.807, 2.05) is 29.6 Å². The lowest BCUT2D eigenvalue weighted by atomic mass is 10.1. The number of carbonyl (C=O) groups is 1.